The molecular formula is C23H42N2O9. The summed E-state index contributed by atoms with van der Waals surface area (Å²) in [5.41, 5.74) is 3.34. The van der Waals surface area contributed by atoms with Crippen LogP contribution in [0, 0.1) is 5.92 Å². The highest BCUT2D eigenvalue weighted by Crippen LogP contribution is 2.22. The molecule has 2 amide bonds. The van der Waals surface area contributed by atoms with Crippen molar-refractivity contribution in [3.05, 3.63) is 30.3 Å². The maximum Gasteiger partial charge on any atom is 0.300 e. The first-order valence-corrected chi connectivity index (χ1v) is 11.1. The van der Waals surface area contributed by atoms with Crippen molar-refractivity contribution < 1.29 is 44.7 Å². The van der Waals surface area contributed by atoms with Crippen LogP contribution in [0.1, 0.15) is 47.0 Å². The number of amides is 2. The third-order valence-corrected chi connectivity index (χ3v) is 3.53. The molecule has 1 aromatic rings. The minimum atomic E-state index is -0.833. The van der Waals surface area contributed by atoms with E-state index in [0.717, 1.165) is 33.0 Å². The Morgan fingerprint density at radius 1 is 0.941 bits per heavy atom. The van der Waals surface area contributed by atoms with Gasteiger partial charge in [0.1, 0.15) is 5.92 Å². The van der Waals surface area contributed by atoms with Gasteiger partial charge in [-0.2, -0.15) is 0 Å². The molecule has 1 atom stereocenters. The molecule has 0 spiro atoms. The predicted octanol–water partition coefficient (Wildman–Crippen LogP) is 0.947. The number of para-hydroxylation sites is 1. The van der Waals surface area contributed by atoms with Crippen LogP contribution < -0.4 is 10.4 Å². The molecule has 0 bridgehead atoms. The molecule has 198 valence electrons. The molecule has 1 aromatic carbocycles. The van der Waals surface area contributed by atoms with E-state index in [-0.39, 0.29) is 38.2 Å². The lowest BCUT2D eigenvalue weighted by Gasteiger charge is -2.14. The van der Waals surface area contributed by atoms with Crippen molar-refractivity contribution in [3.8, 4) is 0 Å². The van der Waals surface area contributed by atoms with E-state index in [1.807, 2.05) is 39.0 Å². The molecule has 2 rings (SSSR count). The molecule has 0 aliphatic carbocycles. The zero-order chi connectivity index (χ0) is 26.8. The van der Waals surface area contributed by atoms with E-state index in [1.54, 1.807) is 12.1 Å². The summed E-state index contributed by atoms with van der Waals surface area (Å²) in [6.45, 7) is 8.30. The predicted molar refractivity (Wildman–Crippen MR) is 129 cm³/mol. The van der Waals surface area contributed by atoms with Crippen LogP contribution in [0.3, 0.4) is 0 Å². The normalized spacial score (nSPS) is 13.5. The molecule has 1 aliphatic rings. The van der Waals surface area contributed by atoms with Crippen LogP contribution in [0.25, 0.3) is 0 Å². The number of unbranched alkanes of at least 4 members (excludes halogenated alkanes) is 1. The van der Waals surface area contributed by atoms with Crippen molar-refractivity contribution in [2.24, 2.45) is 5.92 Å². The van der Waals surface area contributed by atoms with Gasteiger partial charge in [-0.1, -0.05) is 38.0 Å². The number of carbonyl (C=O) groups excluding carboxylic acids is 2. The van der Waals surface area contributed by atoms with Crippen LogP contribution in [-0.4, -0.2) is 83.0 Å². The number of aliphatic hydroxyl groups excluding tert-OH is 4. The van der Waals surface area contributed by atoms with Gasteiger partial charge in [0.2, 0.25) is 0 Å². The Hall–Kier alpha value is -2.57. The SMILES string of the molecule is CC(=O)O.CCCCC1C(=O)NN(c2ccccc2)C1=O.CCOCC.OCCO.OCCO. The fourth-order valence-electron chi connectivity index (χ4n) is 2.15. The van der Waals surface area contributed by atoms with Gasteiger partial charge in [0.25, 0.3) is 17.8 Å². The number of hydrazine groups is 1. The maximum absolute atomic E-state index is 12.1. The Labute approximate surface area is 202 Å². The number of nitrogens with one attached hydrogen (secondary N) is 1. The third kappa shape index (κ3) is 21.3. The zero-order valence-electron chi connectivity index (χ0n) is 20.6. The first-order valence-electron chi connectivity index (χ1n) is 11.1. The smallest absolute Gasteiger partial charge is 0.300 e. The summed E-state index contributed by atoms with van der Waals surface area (Å²) in [6.07, 6.45) is 2.51. The average Bonchev–Trinajstić information content (AvgIpc) is 3.12. The van der Waals surface area contributed by atoms with Gasteiger partial charge in [-0.25, -0.2) is 5.01 Å². The van der Waals surface area contributed by atoms with E-state index in [4.69, 9.17) is 35.1 Å². The van der Waals surface area contributed by atoms with E-state index in [9.17, 15) is 9.59 Å². The van der Waals surface area contributed by atoms with Crippen LogP contribution in [0.5, 0.6) is 0 Å². The number of anilines is 1. The zero-order valence-corrected chi connectivity index (χ0v) is 20.6. The van der Waals surface area contributed by atoms with Crippen molar-refractivity contribution in [1.82, 2.24) is 5.43 Å². The first kappa shape index (κ1) is 36.0. The second-order valence-corrected chi connectivity index (χ2v) is 6.37. The summed E-state index contributed by atoms with van der Waals surface area (Å²) >= 11 is 0. The molecule has 1 unspecified atom stereocenters. The lowest BCUT2D eigenvalue weighted by molar-refractivity contribution is -0.134. The lowest BCUT2D eigenvalue weighted by atomic mass is 10.0. The lowest BCUT2D eigenvalue weighted by Crippen LogP contribution is -2.35. The van der Waals surface area contributed by atoms with Crippen molar-refractivity contribution >= 4 is 23.5 Å². The molecule has 0 radical (unpaired) electrons. The van der Waals surface area contributed by atoms with Gasteiger partial charge in [0.15, 0.2) is 0 Å². The highest BCUT2D eigenvalue weighted by Gasteiger charge is 2.39. The molecule has 0 saturated carbocycles. The molecule has 1 heterocycles. The first-order chi connectivity index (χ1) is 16.2. The molecule has 0 aromatic heterocycles. The molecule has 11 nitrogen and oxygen atoms in total. The fourth-order valence-corrected chi connectivity index (χ4v) is 2.15. The number of ether oxygens (including phenoxy) is 1. The standard InChI is InChI=1S/C13H16N2O2.C4H10O.C2H4O2.2C2H6O2/c1-2-3-9-11-12(16)14-15(13(11)17)10-7-5-4-6-8-10;1-3-5-4-2;1-2(3)4;2*3-1-2-4/h4-8,11H,2-3,9H2,1H3,(H,14,16);3-4H2,1-2H3;1H3,(H,3,4);2*3-4H,1-2H2. The van der Waals surface area contributed by atoms with E-state index in [0.29, 0.717) is 12.1 Å². The van der Waals surface area contributed by atoms with E-state index >= 15 is 0 Å². The van der Waals surface area contributed by atoms with Gasteiger partial charge in [0, 0.05) is 20.1 Å². The maximum atomic E-state index is 12.1. The monoisotopic (exact) mass is 490 g/mol. The second kappa shape index (κ2) is 26.7. The van der Waals surface area contributed by atoms with Crippen LogP contribution in [0.4, 0.5) is 5.69 Å². The van der Waals surface area contributed by atoms with Crippen LogP contribution in [0.15, 0.2) is 30.3 Å². The minimum absolute atomic E-state index is 0.125. The van der Waals surface area contributed by atoms with Crippen LogP contribution in [-0.2, 0) is 19.1 Å². The number of aliphatic carboxylic acids is 1. The van der Waals surface area contributed by atoms with Crippen molar-refractivity contribution in [1.29, 1.82) is 0 Å². The summed E-state index contributed by atoms with van der Waals surface area (Å²) < 4.78 is 4.83. The molecule has 11 heteroatoms. The number of rotatable bonds is 8. The molecule has 1 fully saturated rings. The molecule has 1 aliphatic heterocycles. The number of nitrogens with zero attached hydrogens (tertiary/aromatic N) is 1. The number of carbonyl (C=O) groups is 3. The van der Waals surface area contributed by atoms with Gasteiger partial charge in [-0.3, -0.25) is 19.8 Å². The number of carboxylic acid groups (broad SMARTS) is 1. The summed E-state index contributed by atoms with van der Waals surface area (Å²) in [5.74, 6) is -1.68. The van der Waals surface area contributed by atoms with E-state index in [2.05, 4.69) is 5.43 Å². The quantitative estimate of drug-likeness (QED) is 0.290. The van der Waals surface area contributed by atoms with E-state index in [1.165, 1.54) is 5.01 Å². The number of hydrogen-bond donors (Lipinski definition) is 6. The Morgan fingerprint density at radius 2 is 1.38 bits per heavy atom. The number of benzene rings is 1. The number of aliphatic hydroxyl groups is 4. The minimum Gasteiger partial charge on any atom is -0.481 e. The highest BCUT2D eigenvalue weighted by molar-refractivity contribution is 6.14. The summed E-state index contributed by atoms with van der Waals surface area (Å²) in [7, 11) is 0. The molecule has 1 saturated heterocycles. The van der Waals surface area contributed by atoms with Gasteiger partial charge >= 0.3 is 0 Å². The van der Waals surface area contributed by atoms with E-state index < -0.39 is 11.9 Å². The summed E-state index contributed by atoms with van der Waals surface area (Å²) in [5, 5.41) is 39.3. The Kier molecular flexibility index (Phi) is 28.3. The van der Waals surface area contributed by atoms with Gasteiger partial charge in [0.05, 0.1) is 32.1 Å². The number of hydrogen-bond acceptors (Lipinski definition) is 8. The van der Waals surface area contributed by atoms with Crippen LogP contribution >= 0.6 is 0 Å². The largest absolute Gasteiger partial charge is 0.481 e. The third-order valence-electron chi connectivity index (χ3n) is 3.53. The Morgan fingerprint density at radius 3 is 1.71 bits per heavy atom. The second-order valence-electron chi connectivity index (χ2n) is 6.37. The van der Waals surface area contributed by atoms with Gasteiger partial charge < -0.3 is 30.3 Å². The molecule has 6 N–H and O–H groups in total. The molecular weight excluding hydrogens is 448 g/mol. The molecule has 34 heavy (non-hydrogen) atoms. The number of carboxylic acids is 1. The van der Waals surface area contributed by atoms with Gasteiger partial charge in [-0.05, 0) is 32.4 Å². The van der Waals surface area contributed by atoms with Crippen molar-refractivity contribution in [3.63, 3.8) is 0 Å². The topological polar surface area (TPSA) is 177 Å². The fraction of sp³-hybridized carbons (Fsp3) is 0.609. The van der Waals surface area contributed by atoms with Crippen LogP contribution in [0.2, 0.25) is 0 Å². The Balaban J connectivity index is -0.000000464. The van der Waals surface area contributed by atoms with Crippen molar-refractivity contribution in [2.45, 2.75) is 47.0 Å². The Bertz CT molecular complexity index is 602. The highest BCUT2D eigenvalue weighted by atomic mass is 16.5. The summed E-state index contributed by atoms with van der Waals surface area (Å²) in [4.78, 5) is 32.8. The summed E-state index contributed by atoms with van der Waals surface area (Å²) in [6, 6.07) is 9.17. The average molecular weight is 491 g/mol. The van der Waals surface area contributed by atoms with Gasteiger partial charge in [-0.15, -0.1) is 0 Å². The van der Waals surface area contributed by atoms with Crippen molar-refractivity contribution in [2.75, 3.05) is 44.7 Å².